The van der Waals surface area contributed by atoms with Crippen LogP contribution in [0.25, 0.3) is 32.3 Å². The monoisotopic (exact) mass is 652 g/mol. The van der Waals surface area contributed by atoms with Crippen LogP contribution in [0.2, 0.25) is 0 Å². The predicted molar refractivity (Wildman–Crippen MR) is 178 cm³/mol. The minimum atomic E-state index is -0.455. The summed E-state index contributed by atoms with van der Waals surface area (Å²) in [5.74, 6) is 0. The van der Waals surface area contributed by atoms with E-state index in [0.717, 1.165) is 0 Å². The zero-order valence-electron chi connectivity index (χ0n) is 22.7. The van der Waals surface area contributed by atoms with E-state index in [1.807, 2.05) is 0 Å². The summed E-state index contributed by atoms with van der Waals surface area (Å²) in [7, 11) is 0. The zero-order chi connectivity index (χ0) is 26.3. The molecule has 0 atom stereocenters. The van der Waals surface area contributed by atoms with E-state index in [2.05, 4.69) is 159 Å². The fraction of sp³-hybridized carbons (Fsp3) is 0.0556. The largest absolute Gasteiger partial charge is 0.126 e. The maximum absolute atomic E-state index is 2.25. The average Bonchev–Trinajstić information content (AvgIpc) is 3.51. The molecular weight excluding hydrogens is 623 g/mol. The molecule has 0 N–H and O–H groups in total. The van der Waals surface area contributed by atoms with Crippen molar-refractivity contribution in [1.82, 2.24) is 0 Å². The molecule has 0 bridgehead atoms. The molecule has 0 spiro atoms. The molecule has 0 saturated carbocycles. The van der Waals surface area contributed by atoms with Gasteiger partial charge in [0.2, 0.25) is 0 Å². The van der Waals surface area contributed by atoms with Gasteiger partial charge in [0, 0.05) is 0 Å². The Bertz CT molecular complexity index is 1710. The van der Waals surface area contributed by atoms with Gasteiger partial charge in [-0.25, -0.2) is 0 Å². The third-order valence-corrected chi connectivity index (χ3v) is 13.1. The second-order valence-electron chi connectivity index (χ2n) is 9.47. The van der Waals surface area contributed by atoms with Crippen LogP contribution in [0.4, 0.5) is 0 Å². The van der Waals surface area contributed by atoms with E-state index in [9.17, 15) is 0 Å². The average molecular weight is 655 g/mol. The van der Waals surface area contributed by atoms with Gasteiger partial charge >= 0.3 is 99.8 Å². The first-order valence-corrected chi connectivity index (χ1v) is 18.1. The second kappa shape index (κ2) is 15.3. The molecule has 40 heavy (non-hydrogen) atoms. The van der Waals surface area contributed by atoms with Gasteiger partial charge in [0.15, 0.2) is 0 Å². The first-order valence-electron chi connectivity index (χ1n) is 13.0. The Balaban J connectivity index is 0.000000162. The second-order valence-corrected chi connectivity index (χ2v) is 15.1. The van der Waals surface area contributed by atoms with E-state index in [-0.39, 0.29) is 24.8 Å². The molecular formula is C36H32Cl2SiZr. The molecule has 7 aromatic carbocycles. The van der Waals surface area contributed by atoms with E-state index in [1.54, 1.807) is 23.3 Å². The standard InChI is InChI=1S/C13H9.C12H10Si.C11H11.2ClH.Zr/c1-3-7-12-10(5-1)9-11-6-2-4-8-13(11)12;1-3-7-11(8-4-1)13-12-9-5-2-6-10-12;1-8-7-10-5-3-4-6-11(10)9(8)2;;;/h1-9H;1-10H;3-7H,1-2H3;2*1H;/q-1;;-1;;;+2. The molecule has 0 aliphatic rings. The Labute approximate surface area is 265 Å². The van der Waals surface area contributed by atoms with Gasteiger partial charge in [-0.15, -0.1) is 105 Å². The summed E-state index contributed by atoms with van der Waals surface area (Å²) in [6, 6.07) is 51.7. The number of fused-ring (bicyclic) bond motifs is 4. The Hall–Kier alpha value is -2.74. The number of hydrogen-bond donors (Lipinski definition) is 0. The maximum atomic E-state index is 2.25. The number of benzene rings is 5. The molecule has 198 valence electrons. The molecule has 0 fully saturated rings. The van der Waals surface area contributed by atoms with Crippen LogP contribution >= 0.6 is 24.8 Å². The predicted octanol–water partition coefficient (Wildman–Crippen LogP) is 9.07. The van der Waals surface area contributed by atoms with Crippen LogP contribution in [-0.4, -0.2) is 5.43 Å². The Morgan fingerprint density at radius 2 is 0.800 bits per heavy atom. The molecule has 4 heteroatoms. The van der Waals surface area contributed by atoms with Gasteiger partial charge in [-0.05, 0) is 0 Å². The van der Waals surface area contributed by atoms with Crippen molar-refractivity contribution in [3.8, 4) is 0 Å². The molecule has 0 nitrogen and oxygen atoms in total. The Morgan fingerprint density at radius 1 is 0.450 bits per heavy atom. The van der Waals surface area contributed by atoms with Crippen LogP contribution in [0.3, 0.4) is 0 Å². The van der Waals surface area contributed by atoms with Crippen molar-refractivity contribution in [2.24, 2.45) is 0 Å². The van der Waals surface area contributed by atoms with Crippen molar-refractivity contribution in [2.75, 3.05) is 0 Å². The van der Waals surface area contributed by atoms with Crippen LogP contribution < -0.4 is 10.4 Å². The van der Waals surface area contributed by atoms with Crippen molar-refractivity contribution in [2.45, 2.75) is 13.8 Å². The summed E-state index contributed by atoms with van der Waals surface area (Å²) in [5, 5.41) is 11.2. The van der Waals surface area contributed by atoms with Gasteiger partial charge < -0.3 is 0 Å². The molecule has 0 saturated heterocycles. The van der Waals surface area contributed by atoms with Crippen LogP contribution in [0.5, 0.6) is 0 Å². The van der Waals surface area contributed by atoms with Crippen molar-refractivity contribution in [3.05, 3.63) is 157 Å². The molecule has 0 aromatic heterocycles. The van der Waals surface area contributed by atoms with E-state index in [1.165, 1.54) is 53.8 Å². The number of halogens is 2. The van der Waals surface area contributed by atoms with E-state index in [4.69, 9.17) is 0 Å². The number of hydrogen-bond acceptors (Lipinski definition) is 0. The summed E-state index contributed by atoms with van der Waals surface area (Å²) >= 11 is 1.64. The van der Waals surface area contributed by atoms with Gasteiger partial charge in [-0.2, -0.15) is 5.56 Å². The van der Waals surface area contributed by atoms with Crippen LogP contribution in [0.15, 0.2) is 146 Å². The number of aryl methyl sites for hydroxylation is 2. The summed E-state index contributed by atoms with van der Waals surface area (Å²) < 4.78 is 0. The minimum Gasteiger partial charge on any atom is -0.126 e. The molecule has 7 rings (SSSR count). The van der Waals surface area contributed by atoms with E-state index < -0.39 is 5.43 Å². The third-order valence-electron chi connectivity index (χ3n) is 6.98. The van der Waals surface area contributed by atoms with Crippen molar-refractivity contribution in [3.63, 3.8) is 0 Å². The first-order chi connectivity index (χ1) is 18.6. The Kier molecular flexibility index (Phi) is 12.2. The van der Waals surface area contributed by atoms with E-state index in [0.29, 0.717) is 0 Å². The fourth-order valence-electron chi connectivity index (χ4n) is 4.80. The Morgan fingerprint density at radius 3 is 1.23 bits per heavy atom. The van der Waals surface area contributed by atoms with Gasteiger partial charge in [-0.3, -0.25) is 0 Å². The smallest absolute Gasteiger partial charge is 0.0771 e. The van der Waals surface area contributed by atoms with Gasteiger partial charge in [0.05, 0.1) is 0 Å². The summed E-state index contributed by atoms with van der Waals surface area (Å²) in [6.45, 7) is 4.34. The third kappa shape index (κ3) is 7.50. The summed E-state index contributed by atoms with van der Waals surface area (Å²) in [5.41, 5.74) is 2.36. The normalized spacial score (nSPS) is 10.0. The maximum Gasteiger partial charge on any atom is -0.0771 e. The quantitative estimate of drug-likeness (QED) is 0.129. The molecule has 0 unspecified atom stereocenters. The van der Waals surface area contributed by atoms with Crippen LogP contribution in [0, 0.1) is 13.8 Å². The van der Waals surface area contributed by atoms with E-state index >= 15 is 0 Å². The summed E-state index contributed by atoms with van der Waals surface area (Å²) in [4.78, 5) is 0. The topological polar surface area (TPSA) is 0 Å². The zero-order valence-corrected chi connectivity index (χ0v) is 27.8. The van der Waals surface area contributed by atoms with Gasteiger partial charge in [-0.1, -0.05) is 56.3 Å². The van der Waals surface area contributed by atoms with Gasteiger partial charge in [0.1, 0.15) is 0 Å². The molecule has 7 aromatic rings. The minimum absolute atomic E-state index is 0. The fourth-order valence-corrected chi connectivity index (χ4v) is 8.64. The molecule has 0 aliphatic heterocycles. The first kappa shape index (κ1) is 31.8. The summed E-state index contributed by atoms with van der Waals surface area (Å²) in [6.07, 6.45) is 0. The van der Waals surface area contributed by atoms with Crippen molar-refractivity contribution < 1.29 is 23.3 Å². The van der Waals surface area contributed by atoms with Gasteiger partial charge in [0.25, 0.3) is 0 Å². The van der Waals surface area contributed by atoms with Crippen molar-refractivity contribution >= 4 is 72.9 Å². The van der Waals surface area contributed by atoms with Crippen LogP contribution in [-0.2, 0) is 23.3 Å². The molecule has 0 heterocycles. The number of rotatable bonds is 2. The van der Waals surface area contributed by atoms with Crippen molar-refractivity contribution in [1.29, 1.82) is 0 Å². The SMILES string of the molecule is Cc1[cH-]c2ccccc2c1C.Cl.Cl.[Zr+2]=[Si](c1ccccc1)c1ccccc1.c1ccc2c(c1)[cH-]c1ccccc12. The molecule has 0 aliphatic carbocycles. The molecule has 0 radical (unpaired) electrons. The molecule has 0 amide bonds. The van der Waals surface area contributed by atoms with Crippen LogP contribution in [0.1, 0.15) is 11.1 Å².